The van der Waals surface area contributed by atoms with Gasteiger partial charge in [0.25, 0.3) is 5.91 Å². The maximum absolute atomic E-state index is 12.3. The summed E-state index contributed by atoms with van der Waals surface area (Å²) >= 11 is 0. The number of hydrogen-bond acceptors (Lipinski definition) is 5. The van der Waals surface area contributed by atoms with Crippen LogP contribution in [0.1, 0.15) is 53.5 Å². The molecule has 1 aromatic carbocycles. The van der Waals surface area contributed by atoms with Gasteiger partial charge >= 0.3 is 0 Å². The maximum atomic E-state index is 12.3. The molecule has 4 rings (SSSR count). The van der Waals surface area contributed by atoms with Crippen molar-refractivity contribution in [2.45, 2.75) is 65.4 Å². The van der Waals surface area contributed by atoms with Crippen LogP contribution in [0.4, 0.5) is 11.4 Å². The zero-order chi connectivity index (χ0) is 20.2. The molecule has 0 aromatic heterocycles. The van der Waals surface area contributed by atoms with E-state index in [0.29, 0.717) is 0 Å². The highest BCUT2D eigenvalue weighted by atomic mass is 16.7. The molecular weight excluding hydrogens is 344 g/mol. The van der Waals surface area contributed by atoms with Crippen molar-refractivity contribution in [3.8, 4) is 0 Å². The minimum atomic E-state index is -0.561. The van der Waals surface area contributed by atoms with Crippen molar-refractivity contribution < 1.29 is 19.0 Å². The third-order valence-corrected chi connectivity index (χ3v) is 4.99. The molecule has 1 fully saturated rings. The van der Waals surface area contributed by atoms with Gasteiger partial charge in [0.15, 0.2) is 5.79 Å². The van der Waals surface area contributed by atoms with Crippen LogP contribution in [-0.4, -0.2) is 44.8 Å². The molecule has 0 saturated carbocycles. The van der Waals surface area contributed by atoms with Gasteiger partial charge < -0.3 is 24.4 Å². The van der Waals surface area contributed by atoms with Gasteiger partial charge in [-0.2, -0.15) is 0 Å². The predicted molar refractivity (Wildman–Crippen MR) is 108 cm³/mol. The lowest BCUT2D eigenvalue weighted by Crippen LogP contribution is -2.52. The molecule has 1 unspecified atom stereocenters. The van der Waals surface area contributed by atoms with Gasteiger partial charge in [-0.15, -0.1) is 0 Å². The van der Waals surface area contributed by atoms with Crippen LogP contribution < -0.4 is 10.2 Å². The predicted octanol–water partition coefficient (Wildman–Crippen LogP) is 3.89. The maximum Gasteiger partial charge on any atom is 0.277 e. The second-order valence-electron chi connectivity index (χ2n) is 7.68. The molecule has 1 atom stereocenters. The van der Waals surface area contributed by atoms with E-state index in [1.165, 1.54) is 5.56 Å². The van der Waals surface area contributed by atoms with E-state index in [9.17, 15) is 4.79 Å². The summed E-state index contributed by atoms with van der Waals surface area (Å²) in [6, 6.07) is 6.16. The first-order chi connectivity index (χ1) is 12.7. The molecule has 0 spiro atoms. The Labute approximate surface area is 163 Å². The number of ether oxygens (including phenoxy) is 3. The van der Waals surface area contributed by atoms with E-state index in [0.717, 1.165) is 37.6 Å². The summed E-state index contributed by atoms with van der Waals surface area (Å²) in [4.78, 5) is 14.1. The molecule has 6 heteroatoms. The molecule has 1 aromatic rings. The lowest BCUT2D eigenvalue weighted by Gasteiger charge is -2.44. The Morgan fingerprint density at radius 2 is 1.78 bits per heavy atom. The number of nitrogens with zero attached hydrogens (tertiary/aromatic N) is 1. The fraction of sp³-hybridized carbons (Fsp3) is 0.667. The van der Waals surface area contributed by atoms with E-state index in [-0.39, 0.29) is 17.1 Å². The SMILES string of the molecule is CC.CC1(C)OCCO1.COC1Nc2cccc3c2N(CCC3(C)C)C1=O. The summed E-state index contributed by atoms with van der Waals surface area (Å²) in [5.41, 5.74) is 3.38. The number of hydrogen-bond donors (Lipinski definition) is 1. The second-order valence-corrected chi connectivity index (χ2v) is 7.68. The van der Waals surface area contributed by atoms with E-state index in [2.05, 4.69) is 25.2 Å². The molecule has 6 nitrogen and oxygen atoms in total. The van der Waals surface area contributed by atoms with Gasteiger partial charge in [-0.05, 0) is 37.3 Å². The highest BCUT2D eigenvalue weighted by Gasteiger charge is 2.40. The third kappa shape index (κ3) is 4.62. The van der Waals surface area contributed by atoms with Crippen molar-refractivity contribution in [2.24, 2.45) is 0 Å². The number of para-hydroxylation sites is 1. The molecule has 3 aliphatic heterocycles. The largest absolute Gasteiger partial charge is 0.353 e. The minimum absolute atomic E-state index is 0.00736. The van der Waals surface area contributed by atoms with Gasteiger partial charge in [0.05, 0.1) is 24.6 Å². The van der Waals surface area contributed by atoms with Crippen molar-refractivity contribution in [3.63, 3.8) is 0 Å². The van der Waals surface area contributed by atoms with Crippen LogP contribution in [-0.2, 0) is 24.4 Å². The zero-order valence-electron chi connectivity index (χ0n) is 17.7. The monoisotopic (exact) mass is 378 g/mol. The second kappa shape index (κ2) is 8.59. The molecule has 1 amide bonds. The Hall–Kier alpha value is -1.63. The molecule has 1 N–H and O–H groups in total. The number of methoxy groups -OCH3 is 1. The Morgan fingerprint density at radius 1 is 1.15 bits per heavy atom. The highest BCUT2D eigenvalue weighted by molar-refractivity contribution is 6.05. The Bertz CT molecular complexity index is 650. The van der Waals surface area contributed by atoms with Crippen molar-refractivity contribution in [1.82, 2.24) is 0 Å². The standard InChI is InChI=1S/C14H18N2O2.C5H10O2.C2H6/c1-14(2)7-8-16-11-9(14)5-4-6-10(11)15-12(18-3)13(16)17;1-5(2)6-3-4-7-5;1-2/h4-6,12,15H,7-8H2,1-3H3;3-4H2,1-2H3;1-2H3. The summed E-state index contributed by atoms with van der Waals surface area (Å²) in [6.07, 6.45) is 0.417. The first-order valence-electron chi connectivity index (χ1n) is 9.77. The normalized spacial score (nSPS) is 23.9. The molecular formula is C21H34N2O4. The lowest BCUT2D eigenvalue weighted by molar-refractivity contribution is -0.127. The molecule has 1 saturated heterocycles. The summed E-state index contributed by atoms with van der Waals surface area (Å²) in [6.45, 7) is 14.5. The molecule has 27 heavy (non-hydrogen) atoms. The molecule has 0 radical (unpaired) electrons. The van der Waals surface area contributed by atoms with E-state index in [4.69, 9.17) is 14.2 Å². The van der Waals surface area contributed by atoms with Crippen molar-refractivity contribution in [3.05, 3.63) is 23.8 Å². The molecule has 0 bridgehead atoms. The van der Waals surface area contributed by atoms with Gasteiger partial charge in [-0.3, -0.25) is 4.79 Å². The molecule has 3 aliphatic rings. The number of benzene rings is 1. The van der Waals surface area contributed by atoms with Crippen LogP contribution in [0.5, 0.6) is 0 Å². The van der Waals surface area contributed by atoms with Gasteiger partial charge in [0, 0.05) is 13.7 Å². The Balaban J connectivity index is 0.000000244. The van der Waals surface area contributed by atoms with E-state index < -0.39 is 6.23 Å². The van der Waals surface area contributed by atoms with E-state index in [1.54, 1.807) is 7.11 Å². The quantitative estimate of drug-likeness (QED) is 0.803. The molecule has 0 aliphatic carbocycles. The summed E-state index contributed by atoms with van der Waals surface area (Å²) in [5, 5.41) is 3.16. The topological polar surface area (TPSA) is 60.0 Å². The van der Waals surface area contributed by atoms with Crippen LogP contribution in [0.3, 0.4) is 0 Å². The smallest absolute Gasteiger partial charge is 0.277 e. The third-order valence-electron chi connectivity index (χ3n) is 4.99. The van der Waals surface area contributed by atoms with Gasteiger partial charge in [-0.25, -0.2) is 0 Å². The zero-order valence-corrected chi connectivity index (χ0v) is 17.7. The first-order valence-corrected chi connectivity index (χ1v) is 9.77. The van der Waals surface area contributed by atoms with Crippen molar-refractivity contribution >= 4 is 17.3 Å². The summed E-state index contributed by atoms with van der Waals surface area (Å²) in [5.74, 6) is -0.298. The van der Waals surface area contributed by atoms with Crippen LogP contribution in [0.25, 0.3) is 0 Å². The van der Waals surface area contributed by atoms with Crippen LogP contribution in [0, 0.1) is 0 Å². The summed E-state index contributed by atoms with van der Waals surface area (Å²) < 4.78 is 15.4. The average Bonchev–Trinajstić information content (AvgIpc) is 3.05. The van der Waals surface area contributed by atoms with Crippen LogP contribution >= 0.6 is 0 Å². The number of amides is 1. The van der Waals surface area contributed by atoms with Gasteiger partial charge in [0.1, 0.15) is 0 Å². The first kappa shape index (κ1) is 21.7. The Morgan fingerprint density at radius 3 is 2.30 bits per heavy atom. The molecule has 152 valence electrons. The van der Waals surface area contributed by atoms with Crippen molar-refractivity contribution in [1.29, 1.82) is 0 Å². The van der Waals surface area contributed by atoms with Gasteiger partial charge in [0.2, 0.25) is 6.23 Å². The summed E-state index contributed by atoms with van der Waals surface area (Å²) in [7, 11) is 1.55. The van der Waals surface area contributed by atoms with E-state index in [1.807, 2.05) is 44.7 Å². The minimum Gasteiger partial charge on any atom is -0.353 e. The lowest BCUT2D eigenvalue weighted by atomic mass is 9.77. The van der Waals surface area contributed by atoms with Gasteiger partial charge in [-0.1, -0.05) is 39.8 Å². The average molecular weight is 379 g/mol. The Kier molecular flexibility index (Phi) is 6.89. The highest BCUT2D eigenvalue weighted by Crippen LogP contribution is 2.45. The number of carbonyl (C=O) groups excluding carboxylic acids is 1. The van der Waals surface area contributed by atoms with E-state index >= 15 is 0 Å². The van der Waals surface area contributed by atoms with Crippen molar-refractivity contribution in [2.75, 3.05) is 37.1 Å². The molecule has 3 heterocycles. The number of nitrogens with one attached hydrogen (secondary N) is 1. The van der Waals surface area contributed by atoms with Crippen LogP contribution in [0.15, 0.2) is 18.2 Å². The fourth-order valence-electron chi connectivity index (χ4n) is 3.48. The van der Waals surface area contributed by atoms with Crippen LogP contribution in [0.2, 0.25) is 0 Å². The number of rotatable bonds is 1. The fourth-order valence-corrected chi connectivity index (χ4v) is 3.48. The number of carbonyl (C=O) groups is 1. The number of anilines is 2.